The molecule has 0 fully saturated rings. The number of hydrogen-bond acceptors (Lipinski definition) is 2. The summed E-state index contributed by atoms with van der Waals surface area (Å²) in [7, 11) is 0. The third kappa shape index (κ3) is 2.90. The van der Waals surface area contributed by atoms with Gasteiger partial charge in [-0.3, -0.25) is 0 Å². The highest BCUT2D eigenvalue weighted by molar-refractivity contribution is 5.39. The van der Waals surface area contributed by atoms with E-state index in [-0.39, 0.29) is 6.04 Å². The first-order valence-electron chi connectivity index (χ1n) is 7.05. The Morgan fingerprint density at radius 2 is 1.84 bits per heavy atom. The SMILES string of the molecule is CCNC(c1ccccc1CC)c1cc(C)oc1C. The Morgan fingerprint density at radius 3 is 2.42 bits per heavy atom. The minimum Gasteiger partial charge on any atom is -0.466 e. The second-order valence-corrected chi connectivity index (χ2v) is 4.91. The average Bonchev–Trinajstić information content (AvgIpc) is 2.75. The third-order valence-corrected chi connectivity index (χ3v) is 3.55. The first-order valence-corrected chi connectivity index (χ1v) is 7.05. The molecular weight excluding hydrogens is 234 g/mol. The van der Waals surface area contributed by atoms with Crippen LogP contribution in [0, 0.1) is 13.8 Å². The van der Waals surface area contributed by atoms with Crippen LogP contribution in [0.1, 0.15) is 48.1 Å². The van der Waals surface area contributed by atoms with Crippen molar-refractivity contribution >= 4 is 0 Å². The van der Waals surface area contributed by atoms with E-state index < -0.39 is 0 Å². The van der Waals surface area contributed by atoms with Gasteiger partial charge in [-0.15, -0.1) is 0 Å². The van der Waals surface area contributed by atoms with E-state index in [1.54, 1.807) is 0 Å². The second-order valence-electron chi connectivity index (χ2n) is 4.91. The summed E-state index contributed by atoms with van der Waals surface area (Å²) >= 11 is 0. The smallest absolute Gasteiger partial charge is 0.106 e. The minimum absolute atomic E-state index is 0.221. The van der Waals surface area contributed by atoms with Gasteiger partial charge < -0.3 is 9.73 Å². The summed E-state index contributed by atoms with van der Waals surface area (Å²) in [4.78, 5) is 0. The van der Waals surface area contributed by atoms with E-state index in [0.29, 0.717) is 0 Å². The zero-order valence-electron chi connectivity index (χ0n) is 12.3. The number of rotatable bonds is 5. The molecule has 1 aromatic carbocycles. The lowest BCUT2D eigenvalue weighted by atomic mass is 9.93. The lowest BCUT2D eigenvalue weighted by Crippen LogP contribution is -2.23. The summed E-state index contributed by atoms with van der Waals surface area (Å²) in [5, 5.41) is 3.58. The molecule has 0 spiro atoms. The topological polar surface area (TPSA) is 25.2 Å². The highest BCUT2D eigenvalue weighted by Gasteiger charge is 2.20. The number of benzene rings is 1. The molecular formula is C17H23NO. The standard InChI is InChI=1S/C17H23NO/c1-5-14-9-7-8-10-15(14)17(18-6-2)16-11-12(3)19-13(16)4/h7-11,17-18H,5-6H2,1-4H3. The number of furan rings is 1. The number of aryl methyl sites for hydroxylation is 3. The molecule has 1 heterocycles. The molecule has 1 atom stereocenters. The van der Waals surface area contributed by atoms with Crippen LogP contribution in [-0.4, -0.2) is 6.54 Å². The van der Waals surface area contributed by atoms with Crippen molar-refractivity contribution in [1.82, 2.24) is 5.32 Å². The van der Waals surface area contributed by atoms with E-state index in [9.17, 15) is 0 Å². The zero-order valence-corrected chi connectivity index (χ0v) is 12.3. The van der Waals surface area contributed by atoms with Crippen molar-refractivity contribution in [2.45, 2.75) is 40.2 Å². The highest BCUT2D eigenvalue weighted by Crippen LogP contribution is 2.29. The fourth-order valence-corrected chi connectivity index (χ4v) is 2.67. The molecule has 0 amide bonds. The first-order chi connectivity index (χ1) is 9.17. The number of nitrogens with one attached hydrogen (secondary N) is 1. The lowest BCUT2D eigenvalue weighted by molar-refractivity contribution is 0.495. The molecule has 2 nitrogen and oxygen atoms in total. The van der Waals surface area contributed by atoms with Gasteiger partial charge in [0.15, 0.2) is 0 Å². The third-order valence-electron chi connectivity index (χ3n) is 3.55. The predicted molar refractivity (Wildman–Crippen MR) is 79.5 cm³/mol. The van der Waals surface area contributed by atoms with Gasteiger partial charge in [0, 0.05) is 5.56 Å². The summed E-state index contributed by atoms with van der Waals surface area (Å²) in [6.07, 6.45) is 1.05. The molecule has 0 aliphatic heterocycles. The Labute approximate surface area is 115 Å². The molecule has 0 saturated heterocycles. The summed E-state index contributed by atoms with van der Waals surface area (Å²) in [5.74, 6) is 1.98. The van der Waals surface area contributed by atoms with Crippen LogP contribution in [0.4, 0.5) is 0 Å². The van der Waals surface area contributed by atoms with E-state index in [2.05, 4.69) is 49.5 Å². The summed E-state index contributed by atoms with van der Waals surface area (Å²) in [6, 6.07) is 11.0. The fraction of sp³-hybridized carbons (Fsp3) is 0.412. The van der Waals surface area contributed by atoms with Crippen LogP contribution in [0.3, 0.4) is 0 Å². The Kier molecular flexibility index (Phi) is 4.43. The average molecular weight is 257 g/mol. The van der Waals surface area contributed by atoms with Gasteiger partial charge in [-0.05, 0) is 44.0 Å². The second kappa shape index (κ2) is 6.07. The monoisotopic (exact) mass is 257 g/mol. The Morgan fingerprint density at radius 1 is 1.11 bits per heavy atom. The van der Waals surface area contributed by atoms with Gasteiger partial charge in [-0.1, -0.05) is 38.1 Å². The van der Waals surface area contributed by atoms with Crippen LogP contribution >= 0.6 is 0 Å². The largest absolute Gasteiger partial charge is 0.466 e. The molecule has 102 valence electrons. The Hall–Kier alpha value is -1.54. The van der Waals surface area contributed by atoms with Crippen LogP contribution in [0.5, 0.6) is 0 Å². The van der Waals surface area contributed by atoms with E-state index in [1.807, 2.05) is 13.8 Å². The summed E-state index contributed by atoms with van der Waals surface area (Å²) in [6.45, 7) is 9.33. The molecule has 0 aliphatic rings. The minimum atomic E-state index is 0.221. The van der Waals surface area contributed by atoms with Gasteiger partial charge in [-0.2, -0.15) is 0 Å². The van der Waals surface area contributed by atoms with Crippen molar-refractivity contribution in [2.75, 3.05) is 6.54 Å². The van der Waals surface area contributed by atoms with Gasteiger partial charge >= 0.3 is 0 Å². The van der Waals surface area contributed by atoms with Gasteiger partial charge in [0.1, 0.15) is 11.5 Å². The van der Waals surface area contributed by atoms with Gasteiger partial charge in [-0.25, -0.2) is 0 Å². The van der Waals surface area contributed by atoms with Crippen molar-refractivity contribution in [1.29, 1.82) is 0 Å². The summed E-state index contributed by atoms with van der Waals surface area (Å²) in [5.41, 5.74) is 4.00. The van der Waals surface area contributed by atoms with Gasteiger partial charge in [0.05, 0.1) is 6.04 Å². The molecule has 2 aromatic rings. The molecule has 19 heavy (non-hydrogen) atoms. The predicted octanol–water partition coefficient (Wildman–Crippen LogP) is 4.16. The molecule has 2 rings (SSSR count). The van der Waals surface area contributed by atoms with E-state index in [0.717, 1.165) is 24.5 Å². The molecule has 2 heteroatoms. The quantitative estimate of drug-likeness (QED) is 0.870. The lowest BCUT2D eigenvalue weighted by Gasteiger charge is -2.20. The number of hydrogen-bond donors (Lipinski definition) is 1. The first kappa shape index (κ1) is 13.9. The molecule has 0 bridgehead atoms. The van der Waals surface area contributed by atoms with Crippen LogP contribution in [-0.2, 0) is 6.42 Å². The molecule has 0 saturated carbocycles. The maximum atomic E-state index is 5.70. The van der Waals surface area contributed by atoms with Crippen LogP contribution in [0.15, 0.2) is 34.7 Å². The zero-order chi connectivity index (χ0) is 13.8. The van der Waals surface area contributed by atoms with E-state index >= 15 is 0 Å². The molecule has 0 radical (unpaired) electrons. The Bertz CT molecular complexity index is 542. The van der Waals surface area contributed by atoms with Crippen LogP contribution in [0.2, 0.25) is 0 Å². The molecule has 0 aliphatic carbocycles. The Balaban J connectivity index is 2.48. The maximum absolute atomic E-state index is 5.70. The van der Waals surface area contributed by atoms with Crippen molar-refractivity contribution in [3.05, 3.63) is 58.5 Å². The van der Waals surface area contributed by atoms with Gasteiger partial charge in [0.2, 0.25) is 0 Å². The van der Waals surface area contributed by atoms with Crippen molar-refractivity contribution in [3.8, 4) is 0 Å². The maximum Gasteiger partial charge on any atom is 0.106 e. The molecule has 1 unspecified atom stereocenters. The molecule has 1 aromatic heterocycles. The van der Waals surface area contributed by atoms with Crippen molar-refractivity contribution in [2.24, 2.45) is 0 Å². The normalized spacial score (nSPS) is 12.6. The van der Waals surface area contributed by atoms with Crippen molar-refractivity contribution < 1.29 is 4.42 Å². The van der Waals surface area contributed by atoms with E-state index in [1.165, 1.54) is 16.7 Å². The van der Waals surface area contributed by atoms with Crippen LogP contribution in [0.25, 0.3) is 0 Å². The van der Waals surface area contributed by atoms with E-state index in [4.69, 9.17) is 4.42 Å². The highest BCUT2D eigenvalue weighted by atomic mass is 16.3. The van der Waals surface area contributed by atoms with Gasteiger partial charge in [0.25, 0.3) is 0 Å². The molecule has 1 N–H and O–H groups in total. The van der Waals surface area contributed by atoms with Crippen LogP contribution < -0.4 is 5.32 Å². The fourth-order valence-electron chi connectivity index (χ4n) is 2.67. The van der Waals surface area contributed by atoms with Crippen molar-refractivity contribution in [3.63, 3.8) is 0 Å². The summed E-state index contributed by atoms with van der Waals surface area (Å²) < 4.78 is 5.70.